The van der Waals surface area contributed by atoms with Crippen molar-refractivity contribution in [2.24, 2.45) is 11.7 Å². The molecule has 4 N–H and O–H groups in total. The molecule has 3 atom stereocenters. The van der Waals surface area contributed by atoms with Crippen LogP contribution in [0.15, 0.2) is 21.2 Å². The van der Waals surface area contributed by atoms with Gasteiger partial charge in [0.25, 0.3) is 0 Å². The number of nitrogens with two attached hydrogens (primary N) is 1. The zero-order valence-corrected chi connectivity index (χ0v) is 12.0. The highest BCUT2D eigenvalue weighted by Crippen LogP contribution is 2.27. The monoisotopic (exact) mass is 316 g/mol. The molecule has 0 aliphatic heterocycles. The molecule has 0 radical (unpaired) electrons. The molecule has 4 nitrogen and oxygen atoms in total. The summed E-state index contributed by atoms with van der Waals surface area (Å²) in [5.41, 5.74) is 5.82. The van der Waals surface area contributed by atoms with Crippen LogP contribution in [0.1, 0.15) is 37.5 Å². The normalized spacial score (nSPS) is 26.2. The van der Waals surface area contributed by atoms with Gasteiger partial charge in [0, 0.05) is 19.2 Å². The standard InChI is InChI=1S/C13H21BrN2O2/c14-13-6-5-12(18-13)11(7-15)16-10-4-2-1-3-9(10)8-17/h5-6,9-11,16-17H,1-4,7-8,15H2. The molecular weight excluding hydrogens is 296 g/mol. The molecular formula is C13H21BrN2O2. The van der Waals surface area contributed by atoms with E-state index in [-0.39, 0.29) is 12.6 Å². The SMILES string of the molecule is NCC(NC1CCCCC1CO)c1ccc(Br)o1. The van der Waals surface area contributed by atoms with Crippen molar-refractivity contribution in [2.45, 2.75) is 37.8 Å². The lowest BCUT2D eigenvalue weighted by Gasteiger charge is -2.33. The average molecular weight is 317 g/mol. The van der Waals surface area contributed by atoms with E-state index in [1.807, 2.05) is 12.1 Å². The summed E-state index contributed by atoms with van der Waals surface area (Å²) in [6.07, 6.45) is 4.62. The summed E-state index contributed by atoms with van der Waals surface area (Å²) in [6.45, 7) is 0.741. The molecule has 1 saturated carbocycles. The number of halogens is 1. The van der Waals surface area contributed by atoms with E-state index in [4.69, 9.17) is 10.2 Å². The summed E-state index contributed by atoms with van der Waals surface area (Å²) in [4.78, 5) is 0. The summed E-state index contributed by atoms with van der Waals surface area (Å²) >= 11 is 3.31. The fourth-order valence-corrected chi connectivity index (χ4v) is 3.00. The molecule has 5 heteroatoms. The number of nitrogens with one attached hydrogen (secondary N) is 1. The summed E-state index contributed by atoms with van der Waals surface area (Å²) in [5, 5.41) is 13.0. The summed E-state index contributed by atoms with van der Waals surface area (Å²) in [6, 6.07) is 4.17. The highest BCUT2D eigenvalue weighted by molar-refractivity contribution is 9.10. The zero-order chi connectivity index (χ0) is 13.0. The number of hydrogen-bond acceptors (Lipinski definition) is 4. The lowest BCUT2D eigenvalue weighted by atomic mass is 9.84. The molecule has 1 aromatic rings. The first-order valence-electron chi connectivity index (χ1n) is 6.56. The van der Waals surface area contributed by atoms with Crippen molar-refractivity contribution in [3.63, 3.8) is 0 Å². The van der Waals surface area contributed by atoms with E-state index in [2.05, 4.69) is 21.2 Å². The van der Waals surface area contributed by atoms with E-state index in [1.165, 1.54) is 12.8 Å². The van der Waals surface area contributed by atoms with Gasteiger partial charge >= 0.3 is 0 Å². The second-order valence-corrected chi connectivity index (χ2v) is 5.71. The molecule has 1 fully saturated rings. The minimum absolute atomic E-state index is 0.0217. The summed E-state index contributed by atoms with van der Waals surface area (Å²) in [7, 11) is 0. The fraction of sp³-hybridized carbons (Fsp3) is 0.692. The lowest BCUT2D eigenvalue weighted by molar-refractivity contribution is 0.143. The topological polar surface area (TPSA) is 71.4 Å². The van der Waals surface area contributed by atoms with Crippen LogP contribution < -0.4 is 11.1 Å². The summed E-state index contributed by atoms with van der Waals surface area (Å²) < 4.78 is 6.28. The minimum Gasteiger partial charge on any atom is -0.453 e. The van der Waals surface area contributed by atoms with Crippen molar-refractivity contribution in [1.29, 1.82) is 0 Å². The van der Waals surface area contributed by atoms with Crippen LogP contribution in [0.3, 0.4) is 0 Å². The van der Waals surface area contributed by atoms with E-state index < -0.39 is 0 Å². The number of furan rings is 1. The quantitative estimate of drug-likeness (QED) is 0.778. The van der Waals surface area contributed by atoms with Crippen LogP contribution in [0.25, 0.3) is 0 Å². The second kappa shape index (κ2) is 6.70. The Morgan fingerprint density at radius 3 is 2.83 bits per heavy atom. The van der Waals surface area contributed by atoms with Gasteiger partial charge in [-0.15, -0.1) is 0 Å². The molecule has 0 bridgehead atoms. The third kappa shape index (κ3) is 3.35. The minimum atomic E-state index is 0.0217. The molecule has 1 heterocycles. The van der Waals surface area contributed by atoms with Gasteiger partial charge < -0.3 is 20.6 Å². The molecule has 0 saturated heterocycles. The maximum atomic E-state index is 9.42. The van der Waals surface area contributed by atoms with Crippen molar-refractivity contribution < 1.29 is 9.52 Å². The zero-order valence-electron chi connectivity index (χ0n) is 10.4. The second-order valence-electron chi connectivity index (χ2n) is 4.93. The van der Waals surface area contributed by atoms with Crippen LogP contribution in [-0.2, 0) is 0 Å². The van der Waals surface area contributed by atoms with Gasteiger partial charge in [-0.2, -0.15) is 0 Å². The Morgan fingerprint density at radius 1 is 1.44 bits per heavy atom. The predicted molar refractivity (Wildman–Crippen MR) is 74.2 cm³/mol. The van der Waals surface area contributed by atoms with Crippen LogP contribution in [0.5, 0.6) is 0 Å². The Morgan fingerprint density at radius 2 is 2.22 bits per heavy atom. The first kappa shape index (κ1) is 14.1. The van der Waals surface area contributed by atoms with Crippen molar-refractivity contribution in [3.8, 4) is 0 Å². The maximum Gasteiger partial charge on any atom is 0.169 e. The molecule has 2 rings (SSSR count). The largest absolute Gasteiger partial charge is 0.453 e. The van der Waals surface area contributed by atoms with E-state index >= 15 is 0 Å². The number of rotatable bonds is 5. The Labute approximate surface area is 116 Å². The molecule has 1 aliphatic carbocycles. The van der Waals surface area contributed by atoms with Gasteiger partial charge in [0.2, 0.25) is 0 Å². The van der Waals surface area contributed by atoms with Crippen molar-refractivity contribution >= 4 is 15.9 Å². The smallest absolute Gasteiger partial charge is 0.169 e. The Hall–Kier alpha value is -0.360. The van der Waals surface area contributed by atoms with Gasteiger partial charge in [-0.1, -0.05) is 12.8 Å². The molecule has 102 valence electrons. The first-order chi connectivity index (χ1) is 8.74. The predicted octanol–water partition coefficient (Wildman–Crippen LogP) is 2.18. The van der Waals surface area contributed by atoms with E-state index in [0.29, 0.717) is 18.5 Å². The van der Waals surface area contributed by atoms with Gasteiger partial charge in [-0.25, -0.2) is 0 Å². The van der Waals surface area contributed by atoms with Crippen molar-refractivity contribution in [1.82, 2.24) is 5.32 Å². The molecule has 0 amide bonds. The van der Waals surface area contributed by atoms with Crippen molar-refractivity contribution in [3.05, 3.63) is 22.6 Å². The molecule has 0 aromatic carbocycles. The van der Waals surface area contributed by atoms with Gasteiger partial charge in [0.1, 0.15) is 5.76 Å². The maximum absolute atomic E-state index is 9.42. The van der Waals surface area contributed by atoms with Gasteiger partial charge in [0.05, 0.1) is 6.04 Å². The highest BCUT2D eigenvalue weighted by atomic mass is 79.9. The van der Waals surface area contributed by atoms with Crippen molar-refractivity contribution in [2.75, 3.05) is 13.2 Å². The fourth-order valence-electron chi connectivity index (χ4n) is 2.69. The number of aliphatic hydroxyl groups is 1. The van der Waals surface area contributed by atoms with Gasteiger partial charge in [-0.3, -0.25) is 0 Å². The average Bonchev–Trinajstić information content (AvgIpc) is 2.83. The van der Waals surface area contributed by atoms with E-state index in [0.717, 1.165) is 23.3 Å². The number of aliphatic hydroxyl groups excluding tert-OH is 1. The van der Waals surface area contributed by atoms with E-state index in [1.54, 1.807) is 0 Å². The Bertz CT molecular complexity index is 370. The molecule has 18 heavy (non-hydrogen) atoms. The molecule has 1 aromatic heterocycles. The lowest BCUT2D eigenvalue weighted by Crippen LogP contribution is -2.44. The Kier molecular flexibility index (Phi) is 5.24. The van der Waals surface area contributed by atoms with Gasteiger partial charge in [-0.05, 0) is 46.8 Å². The van der Waals surface area contributed by atoms with Crippen LogP contribution in [-0.4, -0.2) is 24.3 Å². The highest BCUT2D eigenvalue weighted by Gasteiger charge is 2.27. The van der Waals surface area contributed by atoms with Crippen LogP contribution in [0, 0.1) is 5.92 Å². The van der Waals surface area contributed by atoms with Gasteiger partial charge in [0.15, 0.2) is 4.67 Å². The van der Waals surface area contributed by atoms with Crippen LogP contribution >= 0.6 is 15.9 Å². The molecule has 3 unspecified atom stereocenters. The van der Waals surface area contributed by atoms with E-state index in [9.17, 15) is 5.11 Å². The first-order valence-corrected chi connectivity index (χ1v) is 7.36. The molecule has 1 aliphatic rings. The third-order valence-corrected chi connectivity index (χ3v) is 4.16. The third-order valence-electron chi connectivity index (χ3n) is 3.73. The molecule has 0 spiro atoms. The number of hydrogen-bond donors (Lipinski definition) is 3. The summed E-state index contributed by atoms with van der Waals surface area (Å²) in [5.74, 6) is 1.19. The Balaban J connectivity index is 2.00. The van der Waals surface area contributed by atoms with Crippen LogP contribution in [0.2, 0.25) is 0 Å². The van der Waals surface area contributed by atoms with Crippen LogP contribution in [0.4, 0.5) is 0 Å².